The first-order chi connectivity index (χ1) is 11.9. The van der Waals surface area contributed by atoms with E-state index < -0.39 is 17.5 Å². The predicted octanol–water partition coefficient (Wildman–Crippen LogP) is 4.37. The summed E-state index contributed by atoms with van der Waals surface area (Å²) < 4.78 is 39.7. The van der Waals surface area contributed by atoms with Crippen LogP contribution in [0.2, 0.25) is 0 Å². The van der Waals surface area contributed by atoms with Gasteiger partial charge in [0.15, 0.2) is 23.2 Å². The molecule has 0 saturated carbocycles. The quantitative estimate of drug-likeness (QED) is 0.658. The van der Waals surface area contributed by atoms with E-state index in [9.17, 15) is 18.0 Å². The Morgan fingerprint density at radius 2 is 1.68 bits per heavy atom. The zero-order chi connectivity index (χ0) is 18.0. The van der Waals surface area contributed by atoms with E-state index in [-0.39, 0.29) is 17.4 Å². The van der Waals surface area contributed by atoms with Crippen LogP contribution in [0.3, 0.4) is 0 Å². The number of hydrogen-bond donors (Lipinski definition) is 1. The molecule has 1 saturated heterocycles. The lowest BCUT2D eigenvalue weighted by Gasteiger charge is -2.28. The third-order valence-electron chi connectivity index (χ3n) is 4.51. The number of anilines is 2. The summed E-state index contributed by atoms with van der Waals surface area (Å²) in [6.07, 6.45) is 1.64. The number of carbonyl (C=O) groups excluding carboxylic acids is 1. The minimum atomic E-state index is -1.50. The van der Waals surface area contributed by atoms with Crippen LogP contribution in [-0.4, -0.2) is 30.8 Å². The van der Waals surface area contributed by atoms with Gasteiger partial charge in [0.25, 0.3) is 0 Å². The summed E-state index contributed by atoms with van der Waals surface area (Å²) in [7, 11) is 2.03. The van der Waals surface area contributed by atoms with Gasteiger partial charge < -0.3 is 10.2 Å². The van der Waals surface area contributed by atoms with E-state index in [1.807, 2.05) is 7.05 Å². The Labute approximate surface area is 144 Å². The molecule has 1 aliphatic heterocycles. The van der Waals surface area contributed by atoms with Gasteiger partial charge >= 0.3 is 0 Å². The largest absolute Gasteiger partial charge is 0.355 e. The van der Waals surface area contributed by atoms with Crippen molar-refractivity contribution in [3.8, 4) is 0 Å². The molecule has 2 aromatic carbocycles. The lowest BCUT2D eigenvalue weighted by atomic mass is 9.89. The standard InChI is InChI=1S/C19H19F3N2O/c1-24-7-5-12(6-8-24)19(25)13-3-2-4-14(9-13)23-15-10-16(20)18(22)17(21)11-15/h2-4,9-12,23H,5-8H2,1H3. The van der Waals surface area contributed by atoms with Crippen molar-refractivity contribution in [3.05, 3.63) is 59.4 Å². The summed E-state index contributed by atoms with van der Waals surface area (Å²) in [6, 6.07) is 8.54. The average molecular weight is 348 g/mol. The molecule has 1 N–H and O–H groups in total. The molecule has 132 valence electrons. The third kappa shape index (κ3) is 4.02. The molecular formula is C19H19F3N2O. The van der Waals surface area contributed by atoms with Gasteiger partial charge in [-0.15, -0.1) is 0 Å². The molecule has 1 heterocycles. The van der Waals surface area contributed by atoms with Crippen LogP contribution in [0.25, 0.3) is 0 Å². The van der Waals surface area contributed by atoms with E-state index in [1.165, 1.54) is 0 Å². The van der Waals surface area contributed by atoms with Gasteiger partial charge in [-0.05, 0) is 45.1 Å². The molecule has 1 aliphatic rings. The summed E-state index contributed by atoms with van der Waals surface area (Å²) in [4.78, 5) is 14.8. The number of halogens is 3. The molecule has 0 aliphatic carbocycles. The van der Waals surface area contributed by atoms with Crippen molar-refractivity contribution < 1.29 is 18.0 Å². The van der Waals surface area contributed by atoms with Crippen LogP contribution in [0, 0.1) is 23.4 Å². The fourth-order valence-electron chi connectivity index (χ4n) is 3.05. The molecule has 2 aromatic rings. The van der Waals surface area contributed by atoms with Gasteiger partial charge in [0.1, 0.15) is 0 Å². The Hall–Kier alpha value is -2.34. The number of hydrogen-bond acceptors (Lipinski definition) is 3. The zero-order valence-corrected chi connectivity index (χ0v) is 13.9. The van der Waals surface area contributed by atoms with Gasteiger partial charge in [-0.1, -0.05) is 12.1 Å². The summed E-state index contributed by atoms with van der Waals surface area (Å²) in [6.45, 7) is 1.78. The maximum atomic E-state index is 13.3. The lowest BCUT2D eigenvalue weighted by Crippen LogP contribution is -2.33. The summed E-state index contributed by atoms with van der Waals surface area (Å²) in [5.41, 5.74) is 1.16. The van der Waals surface area contributed by atoms with Crippen molar-refractivity contribution in [1.82, 2.24) is 4.90 Å². The number of nitrogens with one attached hydrogen (secondary N) is 1. The average Bonchev–Trinajstić information content (AvgIpc) is 2.60. The molecule has 0 atom stereocenters. The van der Waals surface area contributed by atoms with Crippen molar-refractivity contribution in [3.63, 3.8) is 0 Å². The molecule has 0 aromatic heterocycles. The maximum Gasteiger partial charge on any atom is 0.194 e. The Morgan fingerprint density at radius 1 is 1.04 bits per heavy atom. The lowest BCUT2D eigenvalue weighted by molar-refractivity contribution is 0.0857. The first-order valence-corrected chi connectivity index (χ1v) is 8.18. The van der Waals surface area contributed by atoms with E-state index in [2.05, 4.69) is 10.2 Å². The van der Waals surface area contributed by atoms with Gasteiger partial charge in [-0.3, -0.25) is 4.79 Å². The van der Waals surface area contributed by atoms with Crippen LogP contribution in [0.5, 0.6) is 0 Å². The predicted molar refractivity (Wildman–Crippen MR) is 90.6 cm³/mol. The molecular weight excluding hydrogens is 329 g/mol. The van der Waals surface area contributed by atoms with Crippen molar-refractivity contribution in [2.24, 2.45) is 5.92 Å². The fourth-order valence-corrected chi connectivity index (χ4v) is 3.05. The molecule has 0 spiro atoms. The highest BCUT2D eigenvalue weighted by molar-refractivity contribution is 5.98. The molecule has 0 radical (unpaired) electrons. The highest BCUT2D eigenvalue weighted by atomic mass is 19.2. The minimum absolute atomic E-state index is 0.00726. The number of piperidine rings is 1. The number of Topliss-reactive ketones (excluding diaryl/α,β-unsaturated/α-hetero) is 1. The summed E-state index contributed by atoms with van der Waals surface area (Å²) in [5.74, 6) is -3.96. The monoisotopic (exact) mass is 348 g/mol. The van der Waals surface area contributed by atoms with Crippen LogP contribution in [0.4, 0.5) is 24.5 Å². The Morgan fingerprint density at radius 3 is 2.32 bits per heavy atom. The number of carbonyl (C=O) groups is 1. The molecule has 3 rings (SSSR count). The third-order valence-corrected chi connectivity index (χ3v) is 4.51. The Balaban J connectivity index is 1.76. The maximum absolute atomic E-state index is 13.3. The topological polar surface area (TPSA) is 32.3 Å². The molecule has 0 bridgehead atoms. The second-order valence-electron chi connectivity index (χ2n) is 6.40. The summed E-state index contributed by atoms with van der Waals surface area (Å²) >= 11 is 0. The molecule has 6 heteroatoms. The van der Waals surface area contributed by atoms with Crippen LogP contribution in [0.15, 0.2) is 36.4 Å². The molecule has 25 heavy (non-hydrogen) atoms. The van der Waals surface area contributed by atoms with Crippen molar-refractivity contribution in [1.29, 1.82) is 0 Å². The number of nitrogens with zero attached hydrogens (tertiary/aromatic N) is 1. The molecule has 3 nitrogen and oxygen atoms in total. The highest BCUT2D eigenvalue weighted by Crippen LogP contribution is 2.25. The van der Waals surface area contributed by atoms with Crippen LogP contribution < -0.4 is 5.32 Å². The smallest absolute Gasteiger partial charge is 0.194 e. The van der Waals surface area contributed by atoms with Crippen LogP contribution in [-0.2, 0) is 0 Å². The number of benzene rings is 2. The van der Waals surface area contributed by atoms with E-state index >= 15 is 0 Å². The molecule has 0 amide bonds. The van der Waals surface area contributed by atoms with E-state index in [4.69, 9.17) is 0 Å². The van der Waals surface area contributed by atoms with E-state index in [0.29, 0.717) is 11.3 Å². The normalized spacial score (nSPS) is 16.0. The van der Waals surface area contributed by atoms with E-state index in [1.54, 1.807) is 24.3 Å². The van der Waals surface area contributed by atoms with Crippen molar-refractivity contribution >= 4 is 17.2 Å². The van der Waals surface area contributed by atoms with Gasteiger partial charge in [-0.25, -0.2) is 13.2 Å². The van der Waals surface area contributed by atoms with Crippen LogP contribution >= 0.6 is 0 Å². The highest BCUT2D eigenvalue weighted by Gasteiger charge is 2.24. The van der Waals surface area contributed by atoms with Gasteiger partial charge in [0, 0.05) is 35.0 Å². The van der Waals surface area contributed by atoms with E-state index in [0.717, 1.165) is 38.1 Å². The van der Waals surface area contributed by atoms with Crippen molar-refractivity contribution in [2.75, 3.05) is 25.5 Å². The number of likely N-dealkylation sites (tertiary alicyclic amines) is 1. The minimum Gasteiger partial charge on any atom is -0.355 e. The fraction of sp³-hybridized carbons (Fsp3) is 0.316. The first kappa shape index (κ1) is 17.5. The first-order valence-electron chi connectivity index (χ1n) is 8.18. The van der Waals surface area contributed by atoms with Gasteiger partial charge in [0.2, 0.25) is 0 Å². The SMILES string of the molecule is CN1CCC(C(=O)c2cccc(Nc3cc(F)c(F)c(F)c3)c2)CC1. The Kier molecular flexibility index (Phi) is 5.08. The van der Waals surface area contributed by atoms with Crippen LogP contribution in [0.1, 0.15) is 23.2 Å². The van der Waals surface area contributed by atoms with Crippen molar-refractivity contribution in [2.45, 2.75) is 12.8 Å². The second kappa shape index (κ2) is 7.27. The number of rotatable bonds is 4. The second-order valence-corrected chi connectivity index (χ2v) is 6.40. The molecule has 1 fully saturated rings. The van der Waals surface area contributed by atoms with Gasteiger partial charge in [-0.2, -0.15) is 0 Å². The van der Waals surface area contributed by atoms with Gasteiger partial charge in [0.05, 0.1) is 0 Å². The summed E-state index contributed by atoms with van der Waals surface area (Å²) in [5, 5.41) is 2.81. The molecule has 0 unspecified atom stereocenters. The zero-order valence-electron chi connectivity index (χ0n) is 13.9. The Bertz CT molecular complexity index is 763. The number of ketones is 1.